The molecule has 2 aromatic carbocycles. The minimum Gasteiger partial charge on any atom is -0.345 e. The third-order valence-electron chi connectivity index (χ3n) is 3.97. The van der Waals surface area contributed by atoms with Gasteiger partial charge >= 0.3 is 0 Å². The van der Waals surface area contributed by atoms with Gasteiger partial charge in [0.05, 0.1) is 16.5 Å². The lowest BCUT2D eigenvalue weighted by Crippen LogP contribution is -2.28. The van der Waals surface area contributed by atoms with E-state index >= 15 is 0 Å². The van der Waals surface area contributed by atoms with Crippen molar-refractivity contribution < 1.29 is 13.2 Å². The topological polar surface area (TPSA) is 63.2 Å². The van der Waals surface area contributed by atoms with Crippen molar-refractivity contribution in [2.75, 3.05) is 6.26 Å². The molecule has 0 bridgehead atoms. The lowest BCUT2D eigenvalue weighted by molar-refractivity contribution is 0.0933. The average Bonchev–Trinajstić information content (AvgIpc) is 2.90. The number of carbonyl (C=O) groups is 1. The molecular formula is C17H17NO3S. The van der Waals surface area contributed by atoms with Crippen LogP contribution in [0.2, 0.25) is 0 Å². The van der Waals surface area contributed by atoms with Gasteiger partial charge in [-0.05, 0) is 36.1 Å². The van der Waals surface area contributed by atoms with Gasteiger partial charge in [-0.2, -0.15) is 0 Å². The summed E-state index contributed by atoms with van der Waals surface area (Å²) >= 11 is 0. The normalized spacial score (nSPS) is 17.0. The van der Waals surface area contributed by atoms with Crippen LogP contribution < -0.4 is 5.32 Å². The van der Waals surface area contributed by atoms with Crippen LogP contribution in [0.5, 0.6) is 0 Å². The van der Waals surface area contributed by atoms with Crippen LogP contribution in [-0.2, 0) is 16.3 Å². The third kappa shape index (κ3) is 2.76. The number of fused-ring (bicyclic) bond motifs is 1. The Balaban J connectivity index is 1.88. The monoisotopic (exact) mass is 315 g/mol. The fraction of sp³-hybridized carbons (Fsp3) is 0.235. The van der Waals surface area contributed by atoms with E-state index < -0.39 is 9.84 Å². The van der Waals surface area contributed by atoms with Crippen molar-refractivity contribution in [1.82, 2.24) is 5.32 Å². The van der Waals surface area contributed by atoms with E-state index in [2.05, 4.69) is 11.4 Å². The van der Waals surface area contributed by atoms with Crippen LogP contribution in [0.1, 0.15) is 33.9 Å². The second kappa shape index (κ2) is 5.57. The summed E-state index contributed by atoms with van der Waals surface area (Å²) in [4.78, 5) is 12.6. The van der Waals surface area contributed by atoms with Crippen LogP contribution in [0.3, 0.4) is 0 Å². The van der Waals surface area contributed by atoms with E-state index in [4.69, 9.17) is 0 Å². The molecule has 1 amide bonds. The third-order valence-corrected chi connectivity index (χ3v) is 5.12. The molecule has 2 aromatic rings. The van der Waals surface area contributed by atoms with Crippen LogP contribution in [0.4, 0.5) is 0 Å². The zero-order valence-corrected chi connectivity index (χ0v) is 13.1. The number of benzene rings is 2. The van der Waals surface area contributed by atoms with E-state index in [-0.39, 0.29) is 22.4 Å². The quantitative estimate of drug-likeness (QED) is 0.946. The van der Waals surface area contributed by atoms with E-state index in [0.717, 1.165) is 24.7 Å². The number of aryl methyl sites for hydroxylation is 1. The molecule has 0 aromatic heterocycles. The van der Waals surface area contributed by atoms with Crippen LogP contribution in [0.25, 0.3) is 0 Å². The molecule has 1 N–H and O–H groups in total. The smallest absolute Gasteiger partial charge is 0.253 e. The lowest BCUT2D eigenvalue weighted by atomic mass is 10.1. The average molecular weight is 315 g/mol. The first-order valence-corrected chi connectivity index (χ1v) is 9.04. The SMILES string of the molecule is CS(=O)(=O)c1ccccc1C(=O)NC1CCc2ccccc21. The summed E-state index contributed by atoms with van der Waals surface area (Å²) < 4.78 is 23.6. The first-order valence-electron chi connectivity index (χ1n) is 7.14. The van der Waals surface area contributed by atoms with Crippen LogP contribution in [0, 0.1) is 0 Å². The summed E-state index contributed by atoms with van der Waals surface area (Å²) in [7, 11) is -3.43. The molecule has 5 heteroatoms. The number of hydrogen-bond acceptors (Lipinski definition) is 3. The molecule has 0 aliphatic heterocycles. The fourth-order valence-corrected chi connectivity index (χ4v) is 3.81. The number of hydrogen-bond donors (Lipinski definition) is 1. The molecule has 114 valence electrons. The molecule has 0 heterocycles. The van der Waals surface area contributed by atoms with E-state index in [0.29, 0.717) is 0 Å². The van der Waals surface area contributed by atoms with Crippen LogP contribution >= 0.6 is 0 Å². The number of amides is 1. The molecule has 4 nitrogen and oxygen atoms in total. The highest BCUT2D eigenvalue weighted by atomic mass is 32.2. The summed E-state index contributed by atoms with van der Waals surface area (Å²) in [6.45, 7) is 0. The van der Waals surface area contributed by atoms with Crippen molar-refractivity contribution in [2.24, 2.45) is 0 Å². The van der Waals surface area contributed by atoms with Gasteiger partial charge in [-0.15, -0.1) is 0 Å². The van der Waals surface area contributed by atoms with Gasteiger partial charge in [0, 0.05) is 6.26 Å². The minimum absolute atomic E-state index is 0.0590. The second-order valence-electron chi connectivity index (χ2n) is 5.53. The molecule has 1 unspecified atom stereocenters. The summed E-state index contributed by atoms with van der Waals surface area (Å²) in [6.07, 6.45) is 2.88. The van der Waals surface area contributed by atoms with Crippen molar-refractivity contribution in [3.63, 3.8) is 0 Å². The van der Waals surface area contributed by atoms with E-state index in [1.165, 1.54) is 11.6 Å². The van der Waals surface area contributed by atoms with Crippen LogP contribution in [0.15, 0.2) is 53.4 Å². The minimum atomic E-state index is -3.43. The molecule has 0 saturated carbocycles. The van der Waals surface area contributed by atoms with Crippen molar-refractivity contribution in [1.29, 1.82) is 0 Å². The van der Waals surface area contributed by atoms with E-state index in [9.17, 15) is 13.2 Å². The summed E-state index contributed by atoms with van der Waals surface area (Å²) in [5.41, 5.74) is 2.56. The van der Waals surface area contributed by atoms with Gasteiger partial charge in [-0.3, -0.25) is 4.79 Å². The molecule has 0 saturated heterocycles. The number of nitrogens with one attached hydrogen (secondary N) is 1. The van der Waals surface area contributed by atoms with Gasteiger partial charge < -0.3 is 5.32 Å². The predicted octanol–water partition coefficient (Wildman–Crippen LogP) is 2.51. The zero-order valence-electron chi connectivity index (χ0n) is 12.2. The Hall–Kier alpha value is -2.14. The molecule has 1 aliphatic carbocycles. The molecule has 1 atom stereocenters. The van der Waals surface area contributed by atoms with Crippen molar-refractivity contribution in [3.8, 4) is 0 Å². The van der Waals surface area contributed by atoms with Gasteiger partial charge in [0.1, 0.15) is 0 Å². The Bertz CT molecular complexity index is 827. The Kier molecular flexibility index (Phi) is 3.74. The molecule has 0 fully saturated rings. The standard InChI is InChI=1S/C17H17NO3S/c1-22(20,21)16-9-5-4-8-14(16)17(19)18-15-11-10-12-6-2-3-7-13(12)15/h2-9,15H,10-11H2,1H3,(H,18,19). The maximum atomic E-state index is 12.5. The maximum absolute atomic E-state index is 12.5. The van der Waals surface area contributed by atoms with E-state index in [1.54, 1.807) is 18.2 Å². The Morgan fingerprint density at radius 1 is 1.09 bits per heavy atom. The second-order valence-corrected chi connectivity index (χ2v) is 7.52. The molecular weight excluding hydrogens is 298 g/mol. The summed E-state index contributed by atoms with van der Waals surface area (Å²) in [5, 5.41) is 2.96. The molecule has 0 radical (unpaired) electrons. The molecule has 22 heavy (non-hydrogen) atoms. The van der Waals surface area contributed by atoms with Gasteiger partial charge in [-0.1, -0.05) is 36.4 Å². The predicted molar refractivity (Wildman–Crippen MR) is 84.5 cm³/mol. The number of sulfone groups is 1. The van der Waals surface area contributed by atoms with Crippen molar-refractivity contribution in [2.45, 2.75) is 23.8 Å². The lowest BCUT2D eigenvalue weighted by Gasteiger charge is -2.15. The zero-order chi connectivity index (χ0) is 15.7. The van der Waals surface area contributed by atoms with Crippen molar-refractivity contribution >= 4 is 15.7 Å². The Morgan fingerprint density at radius 2 is 1.77 bits per heavy atom. The van der Waals surface area contributed by atoms with Gasteiger partial charge in [0.25, 0.3) is 5.91 Å². The van der Waals surface area contributed by atoms with Gasteiger partial charge in [-0.25, -0.2) is 8.42 Å². The molecule has 3 rings (SSSR count). The van der Waals surface area contributed by atoms with Gasteiger partial charge in [0.15, 0.2) is 9.84 Å². The highest BCUT2D eigenvalue weighted by Gasteiger charge is 2.25. The Labute approximate surface area is 130 Å². The highest BCUT2D eigenvalue weighted by Crippen LogP contribution is 2.31. The van der Waals surface area contributed by atoms with Crippen LogP contribution in [-0.4, -0.2) is 20.6 Å². The molecule has 0 spiro atoms. The first-order chi connectivity index (χ1) is 10.5. The largest absolute Gasteiger partial charge is 0.345 e. The number of carbonyl (C=O) groups excluding carboxylic acids is 1. The number of rotatable bonds is 3. The first kappa shape index (κ1) is 14.8. The fourth-order valence-electron chi connectivity index (χ4n) is 2.92. The summed E-state index contributed by atoms with van der Waals surface area (Å²) in [6, 6.07) is 14.3. The summed E-state index contributed by atoms with van der Waals surface area (Å²) in [5.74, 6) is -0.345. The Morgan fingerprint density at radius 3 is 2.55 bits per heavy atom. The van der Waals surface area contributed by atoms with E-state index in [1.807, 2.05) is 18.2 Å². The highest BCUT2D eigenvalue weighted by molar-refractivity contribution is 7.90. The maximum Gasteiger partial charge on any atom is 0.253 e. The van der Waals surface area contributed by atoms with Gasteiger partial charge in [0.2, 0.25) is 0 Å². The van der Waals surface area contributed by atoms with Crippen molar-refractivity contribution in [3.05, 3.63) is 65.2 Å². The molecule has 1 aliphatic rings.